The van der Waals surface area contributed by atoms with Crippen LogP contribution in [0.5, 0.6) is 11.5 Å². The molecule has 1 rings (SSSR count). The van der Waals surface area contributed by atoms with Gasteiger partial charge in [-0.2, -0.15) is 5.26 Å². The van der Waals surface area contributed by atoms with Gasteiger partial charge in [0.05, 0.1) is 24.7 Å². The van der Waals surface area contributed by atoms with E-state index in [-0.39, 0.29) is 24.4 Å². The molecule has 0 fully saturated rings. The predicted octanol–water partition coefficient (Wildman–Crippen LogP) is 3.42. The Morgan fingerprint density at radius 1 is 1.11 bits per heavy atom. The van der Waals surface area contributed by atoms with Crippen LogP contribution in [0.25, 0.3) is 6.08 Å². The zero-order chi connectivity index (χ0) is 26.2. The second-order valence-electron chi connectivity index (χ2n) is 7.07. The van der Waals surface area contributed by atoms with Gasteiger partial charge in [0.15, 0.2) is 5.75 Å². The second-order valence-corrected chi connectivity index (χ2v) is 7.07. The third-order valence-corrected chi connectivity index (χ3v) is 4.64. The molecule has 35 heavy (non-hydrogen) atoms. The molecule has 0 aliphatic heterocycles. The summed E-state index contributed by atoms with van der Waals surface area (Å²) in [6.07, 6.45) is 1.88. The molecule has 0 aliphatic carbocycles. The van der Waals surface area contributed by atoms with Gasteiger partial charge in [0, 0.05) is 25.8 Å². The minimum absolute atomic E-state index is 0.000706. The molecule has 192 valence electrons. The molecule has 0 heterocycles. The minimum Gasteiger partial charge on any atom is -0.499 e. The van der Waals surface area contributed by atoms with E-state index in [1.54, 1.807) is 19.9 Å². The second kappa shape index (κ2) is 16.0. The molecule has 1 N–H and O–H groups in total. The van der Waals surface area contributed by atoms with E-state index in [0.717, 1.165) is 31.1 Å². The lowest BCUT2D eigenvalue weighted by Gasteiger charge is -2.17. The average molecular weight is 494 g/mol. The van der Waals surface area contributed by atoms with Crippen molar-refractivity contribution in [3.05, 3.63) is 33.4 Å². The van der Waals surface area contributed by atoms with Gasteiger partial charge in [-0.1, -0.05) is 13.3 Å². The molecule has 0 aromatic heterocycles. The van der Waals surface area contributed by atoms with E-state index < -0.39 is 34.2 Å². The van der Waals surface area contributed by atoms with E-state index in [1.807, 2.05) is 0 Å². The maximum Gasteiger partial charge on any atom is 0.514 e. The van der Waals surface area contributed by atoms with Crippen LogP contribution in [0, 0.1) is 21.4 Å². The van der Waals surface area contributed by atoms with Crippen molar-refractivity contribution >= 4 is 23.8 Å². The van der Waals surface area contributed by atoms with Crippen molar-refractivity contribution in [2.24, 2.45) is 0 Å². The SMILES string of the molecule is CCCCOCCOCCOC(=O)Oc1cc(C=C(C#N)C(=O)N(CC)CC)cc([N+](=O)[O-])c1O. The van der Waals surface area contributed by atoms with Gasteiger partial charge >= 0.3 is 11.8 Å². The fourth-order valence-corrected chi connectivity index (χ4v) is 2.78. The molecule has 0 bridgehead atoms. The van der Waals surface area contributed by atoms with E-state index in [4.69, 9.17) is 18.9 Å². The summed E-state index contributed by atoms with van der Waals surface area (Å²) >= 11 is 0. The summed E-state index contributed by atoms with van der Waals surface area (Å²) in [6.45, 7) is 7.54. The topological polar surface area (TPSA) is 161 Å². The van der Waals surface area contributed by atoms with Gasteiger partial charge in [-0.25, -0.2) is 4.79 Å². The largest absolute Gasteiger partial charge is 0.514 e. The number of nitro benzene ring substituents is 1. The number of nitriles is 1. The van der Waals surface area contributed by atoms with Crippen LogP contribution < -0.4 is 4.74 Å². The number of ether oxygens (including phenoxy) is 4. The van der Waals surface area contributed by atoms with Crippen molar-refractivity contribution in [3.8, 4) is 17.6 Å². The predicted molar refractivity (Wildman–Crippen MR) is 125 cm³/mol. The fourth-order valence-electron chi connectivity index (χ4n) is 2.78. The number of benzene rings is 1. The monoisotopic (exact) mass is 493 g/mol. The van der Waals surface area contributed by atoms with Crippen LogP contribution in [0.3, 0.4) is 0 Å². The summed E-state index contributed by atoms with van der Waals surface area (Å²) in [6, 6.07) is 3.80. The van der Waals surface area contributed by atoms with Crippen LogP contribution in [0.15, 0.2) is 17.7 Å². The highest BCUT2D eigenvalue weighted by Crippen LogP contribution is 2.38. The van der Waals surface area contributed by atoms with Crippen LogP contribution >= 0.6 is 0 Å². The Bertz CT molecular complexity index is 937. The number of phenolic OH excluding ortho intramolecular Hbond substituents is 1. The summed E-state index contributed by atoms with van der Waals surface area (Å²) in [7, 11) is 0. The lowest BCUT2D eigenvalue weighted by atomic mass is 10.1. The van der Waals surface area contributed by atoms with Crippen LogP contribution in [0.4, 0.5) is 10.5 Å². The third kappa shape index (κ3) is 9.99. The van der Waals surface area contributed by atoms with E-state index in [2.05, 4.69) is 6.92 Å². The molecule has 0 unspecified atom stereocenters. The van der Waals surface area contributed by atoms with Crippen molar-refractivity contribution in [3.63, 3.8) is 0 Å². The van der Waals surface area contributed by atoms with E-state index in [9.17, 15) is 30.1 Å². The summed E-state index contributed by atoms with van der Waals surface area (Å²) in [5, 5.41) is 30.9. The Morgan fingerprint density at radius 2 is 1.74 bits per heavy atom. The minimum atomic E-state index is -1.22. The van der Waals surface area contributed by atoms with Crippen molar-refractivity contribution in [1.82, 2.24) is 4.90 Å². The van der Waals surface area contributed by atoms with Crippen LogP contribution in [0.1, 0.15) is 39.2 Å². The fraction of sp³-hybridized carbons (Fsp3) is 0.522. The highest BCUT2D eigenvalue weighted by molar-refractivity contribution is 6.01. The van der Waals surface area contributed by atoms with Gasteiger partial charge in [0.25, 0.3) is 5.91 Å². The van der Waals surface area contributed by atoms with Crippen LogP contribution in [-0.2, 0) is 19.0 Å². The normalized spacial score (nSPS) is 11.0. The number of hydrogen-bond acceptors (Lipinski definition) is 10. The van der Waals surface area contributed by atoms with Crippen molar-refractivity contribution in [1.29, 1.82) is 5.26 Å². The van der Waals surface area contributed by atoms with Crippen molar-refractivity contribution in [2.75, 3.05) is 46.1 Å². The molecule has 0 saturated heterocycles. The molecular weight excluding hydrogens is 462 g/mol. The number of aromatic hydroxyl groups is 1. The van der Waals surface area contributed by atoms with Crippen LogP contribution in [0.2, 0.25) is 0 Å². The number of rotatable bonds is 15. The van der Waals surface area contributed by atoms with E-state index in [0.29, 0.717) is 32.9 Å². The number of unbranched alkanes of at least 4 members (excludes halogenated alkanes) is 1. The summed E-state index contributed by atoms with van der Waals surface area (Å²) < 4.78 is 20.3. The van der Waals surface area contributed by atoms with Gasteiger partial charge in [0.2, 0.25) is 5.75 Å². The quantitative estimate of drug-likeness (QED) is 0.0728. The van der Waals surface area contributed by atoms with Gasteiger partial charge < -0.3 is 29.0 Å². The number of nitrogens with zero attached hydrogens (tertiary/aromatic N) is 3. The lowest BCUT2D eigenvalue weighted by molar-refractivity contribution is -0.385. The number of carbonyl (C=O) groups excluding carboxylic acids is 2. The number of amides is 1. The number of phenols is 1. The lowest BCUT2D eigenvalue weighted by Crippen LogP contribution is -2.31. The first kappa shape index (κ1) is 29.3. The van der Waals surface area contributed by atoms with Gasteiger partial charge in [-0.3, -0.25) is 14.9 Å². The maximum absolute atomic E-state index is 12.5. The molecule has 1 aromatic rings. The zero-order valence-corrected chi connectivity index (χ0v) is 20.2. The highest BCUT2D eigenvalue weighted by Gasteiger charge is 2.23. The molecule has 0 aliphatic rings. The Kier molecular flexibility index (Phi) is 13.4. The number of hydrogen-bond donors (Lipinski definition) is 1. The number of nitro groups is 1. The summed E-state index contributed by atoms with van der Waals surface area (Å²) in [5.74, 6) is -2.03. The Labute approximate surface area is 203 Å². The molecule has 1 amide bonds. The number of likely N-dealkylation sites (N-methyl/N-ethyl adjacent to an activating group) is 1. The first-order valence-electron chi connectivity index (χ1n) is 11.2. The Balaban J connectivity index is 2.87. The standard InChI is InChI=1S/C23H31N3O9/c1-4-7-8-32-9-10-33-11-12-34-23(29)35-20-15-17(14-19(21(20)27)26(30)31)13-18(16-24)22(28)25(5-2)6-3/h13-15,27H,4-12H2,1-3H3. The van der Waals surface area contributed by atoms with E-state index in [1.165, 1.54) is 4.90 Å². The van der Waals surface area contributed by atoms with Gasteiger partial charge in [-0.15, -0.1) is 0 Å². The smallest absolute Gasteiger partial charge is 0.499 e. The van der Waals surface area contributed by atoms with Crippen LogP contribution in [-0.4, -0.2) is 73.1 Å². The molecule has 0 radical (unpaired) electrons. The molecule has 0 saturated carbocycles. The van der Waals surface area contributed by atoms with E-state index >= 15 is 0 Å². The Morgan fingerprint density at radius 3 is 2.31 bits per heavy atom. The molecular formula is C23H31N3O9. The molecule has 12 nitrogen and oxygen atoms in total. The highest BCUT2D eigenvalue weighted by atomic mass is 16.7. The maximum atomic E-state index is 12.5. The van der Waals surface area contributed by atoms with Gasteiger partial charge in [0.1, 0.15) is 18.2 Å². The molecule has 1 aromatic carbocycles. The Hall–Kier alpha value is -3.69. The molecule has 0 spiro atoms. The van der Waals surface area contributed by atoms with Gasteiger partial charge in [-0.05, 0) is 38.0 Å². The first-order chi connectivity index (χ1) is 16.8. The summed E-state index contributed by atoms with van der Waals surface area (Å²) in [5.41, 5.74) is -1.06. The van der Waals surface area contributed by atoms with Crippen molar-refractivity contribution < 1.29 is 38.6 Å². The number of carbonyl (C=O) groups is 2. The average Bonchev–Trinajstić information content (AvgIpc) is 2.83. The third-order valence-electron chi connectivity index (χ3n) is 4.64. The van der Waals surface area contributed by atoms with Crippen molar-refractivity contribution in [2.45, 2.75) is 33.6 Å². The molecule has 12 heteroatoms. The first-order valence-corrected chi connectivity index (χ1v) is 11.2. The summed E-state index contributed by atoms with van der Waals surface area (Å²) in [4.78, 5) is 36.3. The zero-order valence-electron chi connectivity index (χ0n) is 20.2. The molecule has 0 atom stereocenters.